The van der Waals surface area contributed by atoms with Crippen LogP contribution in [0.5, 0.6) is 0 Å². The van der Waals surface area contributed by atoms with E-state index in [9.17, 15) is 4.79 Å². The van der Waals surface area contributed by atoms with Crippen molar-refractivity contribution in [1.82, 2.24) is 5.32 Å². The summed E-state index contributed by atoms with van der Waals surface area (Å²) in [5.74, 6) is 0.00507. The number of aryl methyl sites for hydroxylation is 1. The van der Waals surface area contributed by atoms with Crippen LogP contribution in [0, 0.1) is 0 Å². The van der Waals surface area contributed by atoms with Gasteiger partial charge in [0, 0.05) is 12.8 Å². The summed E-state index contributed by atoms with van der Waals surface area (Å²) in [5, 5.41) is 6.42. The third-order valence-electron chi connectivity index (χ3n) is 4.86. The first-order valence-corrected chi connectivity index (χ1v) is 7.93. The van der Waals surface area contributed by atoms with Gasteiger partial charge in [-0.05, 0) is 68.8 Å². The molecule has 1 aromatic rings. The van der Waals surface area contributed by atoms with Gasteiger partial charge in [-0.25, -0.2) is 0 Å². The third-order valence-corrected chi connectivity index (χ3v) is 4.86. The van der Waals surface area contributed by atoms with Crippen LogP contribution >= 0.6 is 0 Å². The van der Waals surface area contributed by atoms with Crippen LogP contribution in [0.4, 0.5) is 5.69 Å². The van der Waals surface area contributed by atoms with Crippen LogP contribution in [0.1, 0.15) is 36.8 Å². The van der Waals surface area contributed by atoms with Crippen molar-refractivity contribution < 1.29 is 9.53 Å². The minimum absolute atomic E-state index is 0.00507. The molecule has 1 aliphatic carbocycles. The normalized spacial score (nSPS) is 20.6. The van der Waals surface area contributed by atoms with E-state index in [4.69, 9.17) is 4.74 Å². The zero-order valence-electron chi connectivity index (χ0n) is 12.7. The number of amides is 1. The number of hydrogen-bond donors (Lipinski definition) is 2. The highest BCUT2D eigenvalue weighted by Gasteiger charge is 2.39. The molecule has 1 heterocycles. The zero-order chi connectivity index (χ0) is 14.7. The van der Waals surface area contributed by atoms with Crippen molar-refractivity contribution in [3.8, 4) is 0 Å². The van der Waals surface area contributed by atoms with E-state index >= 15 is 0 Å². The van der Waals surface area contributed by atoms with E-state index in [2.05, 4.69) is 16.7 Å². The van der Waals surface area contributed by atoms with Gasteiger partial charge in [0.05, 0.1) is 0 Å². The molecule has 0 spiro atoms. The lowest BCUT2D eigenvalue weighted by atomic mass is 9.88. The molecule has 21 heavy (non-hydrogen) atoms. The van der Waals surface area contributed by atoms with Gasteiger partial charge in [-0.1, -0.05) is 12.1 Å². The quantitative estimate of drug-likeness (QED) is 0.897. The molecule has 4 nitrogen and oxygen atoms in total. The smallest absolute Gasteiger partial charge is 0.256 e. The first-order valence-electron chi connectivity index (χ1n) is 7.93. The second-order valence-electron chi connectivity index (χ2n) is 6.05. The van der Waals surface area contributed by atoms with E-state index < -0.39 is 5.60 Å². The summed E-state index contributed by atoms with van der Waals surface area (Å²) in [5.41, 5.74) is 3.00. The maximum Gasteiger partial charge on any atom is 0.256 e. The number of anilines is 1. The number of piperidine rings is 1. The summed E-state index contributed by atoms with van der Waals surface area (Å²) in [6.07, 6.45) is 6.09. The SMILES string of the molecule is COC1(C(=O)Nc2cccc3c2CCCC3)CCNCC1. The molecule has 114 valence electrons. The highest BCUT2D eigenvalue weighted by atomic mass is 16.5. The Balaban J connectivity index is 1.81. The Labute approximate surface area is 126 Å². The molecule has 2 N–H and O–H groups in total. The molecule has 1 amide bonds. The highest BCUT2D eigenvalue weighted by Crippen LogP contribution is 2.30. The van der Waals surface area contributed by atoms with Gasteiger partial charge in [0.1, 0.15) is 5.60 Å². The average Bonchev–Trinajstić information content (AvgIpc) is 2.56. The van der Waals surface area contributed by atoms with Gasteiger partial charge in [0.25, 0.3) is 5.91 Å². The van der Waals surface area contributed by atoms with Gasteiger partial charge in [0.2, 0.25) is 0 Å². The lowest BCUT2D eigenvalue weighted by Gasteiger charge is -2.35. The van der Waals surface area contributed by atoms with Gasteiger partial charge >= 0.3 is 0 Å². The molecule has 0 saturated carbocycles. The van der Waals surface area contributed by atoms with Crippen LogP contribution in [0.15, 0.2) is 18.2 Å². The van der Waals surface area contributed by atoms with E-state index in [1.54, 1.807) is 7.11 Å². The number of carbonyl (C=O) groups excluding carboxylic acids is 1. The van der Waals surface area contributed by atoms with Gasteiger partial charge in [-0.15, -0.1) is 0 Å². The van der Waals surface area contributed by atoms with E-state index in [0.29, 0.717) is 0 Å². The van der Waals surface area contributed by atoms with Crippen molar-refractivity contribution in [3.05, 3.63) is 29.3 Å². The molecule has 2 aliphatic rings. The largest absolute Gasteiger partial charge is 0.368 e. The maximum absolute atomic E-state index is 12.7. The number of nitrogens with one attached hydrogen (secondary N) is 2. The fourth-order valence-electron chi connectivity index (χ4n) is 3.49. The van der Waals surface area contributed by atoms with Crippen molar-refractivity contribution >= 4 is 11.6 Å². The Morgan fingerprint density at radius 1 is 1.24 bits per heavy atom. The second kappa shape index (κ2) is 6.16. The van der Waals surface area contributed by atoms with E-state index in [-0.39, 0.29) is 5.91 Å². The second-order valence-corrected chi connectivity index (χ2v) is 6.05. The molecule has 0 radical (unpaired) electrons. The lowest BCUT2D eigenvalue weighted by Crippen LogP contribution is -2.51. The Morgan fingerprint density at radius 3 is 2.76 bits per heavy atom. The molecular weight excluding hydrogens is 264 g/mol. The number of hydrogen-bond acceptors (Lipinski definition) is 3. The van der Waals surface area contributed by atoms with Gasteiger partial charge in [-0.3, -0.25) is 4.79 Å². The first-order chi connectivity index (χ1) is 10.2. The molecule has 1 aliphatic heterocycles. The molecule has 0 atom stereocenters. The molecule has 1 aromatic carbocycles. The summed E-state index contributed by atoms with van der Waals surface area (Å²) < 4.78 is 5.60. The number of ether oxygens (including phenoxy) is 1. The summed E-state index contributed by atoms with van der Waals surface area (Å²) in [7, 11) is 1.64. The molecule has 0 unspecified atom stereocenters. The van der Waals surface area contributed by atoms with Crippen molar-refractivity contribution in [2.75, 3.05) is 25.5 Å². The fourth-order valence-corrected chi connectivity index (χ4v) is 3.49. The van der Waals surface area contributed by atoms with Gasteiger partial charge < -0.3 is 15.4 Å². The standard InChI is InChI=1S/C17H24N2O2/c1-21-17(9-11-18-12-10-17)16(20)19-15-8-4-6-13-5-2-3-7-14(13)15/h4,6,8,18H,2-3,5,7,9-12H2,1H3,(H,19,20). The summed E-state index contributed by atoms with van der Waals surface area (Å²) in [4.78, 5) is 12.7. The van der Waals surface area contributed by atoms with E-state index in [1.807, 2.05) is 12.1 Å². The van der Waals surface area contributed by atoms with E-state index in [0.717, 1.165) is 44.5 Å². The minimum atomic E-state index is -0.678. The molecule has 1 fully saturated rings. The van der Waals surface area contributed by atoms with Crippen LogP contribution < -0.4 is 10.6 Å². The predicted octanol–water partition coefficient (Wildman–Crippen LogP) is 2.27. The summed E-state index contributed by atoms with van der Waals surface area (Å²) in [6, 6.07) is 6.24. The molecule has 4 heteroatoms. The molecule has 3 rings (SSSR count). The molecule has 0 aromatic heterocycles. The number of carbonyl (C=O) groups is 1. The Hall–Kier alpha value is -1.39. The molecular formula is C17H24N2O2. The fraction of sp³-hybridized carbons (Fsp3) is 0.588. The van der Waals surface area contributed by atoms with Gasteiger partial charge in [0.15, 0.2) is 0 Å². The number of methoxy groups -OCH3 is 1. The highest BCUT2D eigenvalue weighted by molar-refractivity contribution is 5.98. The molecule has 0 bridgehead atoms. The van der Waals surface area contributed by atoms with Crippen molar-refractivity contribution in [2.45, 2.75) is 44.1 Å². The van der Waals surface area contributed by atoms with Crippen molar-refractivity contribution in [3.63, 3.8) is 0 Å². The van der Waals surface area contributed by atoms with Gasteiger partial charge in [-0.2, -0.15) is 0 Å². The van der Waals surface area contributed by atoms with Crippen LogP contribution in [0.2, 0.25) is 0 Å². The lowest BCUT2D eigenvalue weighted by molar-refractivity contribution is -0.140. The number of fused-ring (bicyclic) bond motifs is 1. The van der Waals surface area contributed by atoms with E-state index in [1.165, 1.54) is 24.0 Å². The number of benzene rings is 1. The number of rotatable bonds is 3. The Morgan fingerprint density at radius 2 is 2.00 bits per heavy atom. The average molecular weight is 288 g/mol. The van der Waals surface area contributed by atoms with Crippen molar-refractivity contribution in [1.29, 1.82) is 0 Å². The zero-order valence-corrected chi connectivity index (χ0v) is 12.7. The van der Waals surface area contributed by atoms with Crippen molar-refractivity contribution in [2.24, 2.45) is 0 Å². The van der Waals surface area contributed by atoms with Crippen LogP contribution in [-0.2, 0) is 22.4 Å². The Bertz CT molecular complexity index is 522. The maximum atomic E-state index is 12.7. The molecule has 1 saturated heterocycles. The minimum Gasteiger partial charge on any atom is -0.368 e. The third kappa shape index (κ3) is 2.83. The summed E-state index contributed by atoms with van der Waals surface area (Å²) >= 11 is 0. The topological polar surface area (TPSA) is 50.4 Å². The predicted molar refractivity (Wildman–Crippen MR) is 83.6 cm³/mol. The van der Waals surface area contributed by atoms with Crippen LogP contribution in [0.3, 0.4) is 0 Å². The monoisotopic (exact) mass is 288 g/mol. The Kier molecular flexibility index (Phi) is 4.27. The first kappa shape index (κ1) is 14.5. The summed E-state index contributed by atoms with van der Waals surface area (Å²) in [6.45, 7) is 1.66. The van der Waals surface area contributed by atoms with Crippen LogP contribution in [0.25, 0.3) is 0 Å². The van der Waals surface area contributed by atoms with Crippen LogP contribution in [-0.4, -0.2) is 31.7 Å².